The Balaban J connectivity index is 1.60. The lowest BCUT2D eigenvalue weighted by Crippen LogP contribution is -2.35. The second kappa shape index (κ2) is 4.67. The molecule has 0 amide bonds. The maximum atomic E-state index is 5.23. The van der Waals surface area contributed by atoms with Crippen LogP contribution in [0, 0.1) is 0 Å². The molecule has 0 aliphatic carbocycles. The zero-order valence-corrected chi connectivity index (χ0v) is 9.60. The molecule has 3 rings (SSSR count). The lowest BCUT2D eigenvalue weighted by atomic mass is 10.1. The van der Waals surface area contributed by atoms with Crippen molar-refractivity contribution in [2.45, 2.75) is 25.3 Å². The fourth-order valence-electron chi connectivity index (χ4n) is 1.91. The first kappa shape index (κ1) is 10.5. The van der Waals surface area contributed by atoms with E-state index in [0.717, 1.165) is 37.5 Å². The van der Waals surface area contributed by atoms with Crippen LogP contribution >= 0.6 is 0 Å². The van der Waals surface area contributed by atoms with Crippen molar-refractivity contribution in [2.75, 3.05) is 6.54 Å². The first-order chi connectivity index (χ1) is 8.42. The minimum atomic E-state index is 0.285. The summed E-state index contributed by atoms with van der Waals surface area (Å²) in [5.41, 5.74) is 1.31. The van der Waals surface area contributed by atoms with Crippen molar-refractivity contribution in [3.8, 4) is 0 Å². The van der Waals surface area contributed by atoms with Crippen LogP contribution in [-0.4, -0.2) is 16.7 Å². The van der Waals surface area contributed by atoms with Gasteiger partial charge in [0.2, 0.25) is 5.89 Å². The molecule has 0 saturated carbocycles. The SMILES string of the molecule is c1ccc(CCc2noc([C@H]3CCN3)n2)cc1. The van der Waals surface area contributed by atoms with Gasteiger partial charge in [-0.05, 0) is 24.9 Å². The van der Waals surface area contributed by atoms with Crippen molar-refractivity contribution < 1.29 is 4.52 Å². The number of hydrogen-bond donors (Lipinski definition) is 1. The summed E-state index contributed by atoms with van der Waals surface area (Å²) >= 11 is 0. The summed E-state index contributed by atoms with van der Waals surface area (Å²) in [6.45, 7) is 1.05. The minimum absolute atomic E-state index is 0.285. The predicted molar refractivity (Wildman–Crippen MR) is 63.5 cm³/mol. The number of nitrogens with zero attached hydrogens (tertiary/aromatic N) is 2. The van der Waals surface area contributed by atoms with Gasteiger partial charge >= 0.3 is 0 Å². The molecular formula is C13H15N3O. The predicted octanol–water partition coefficient (Wildman–Crippen LogP) is 1.89. The van der Waals surface area contributed by atoms with Gasteiger partial charge in [0.1, 0.15) is 0 Å². The zero-order chi connectivity index (χ0) is 11.5. The Morgan fingerprint density at radius 2 is 2.06 bits per heavy atom. The number of aryl methyl sites for hydroxylation is 2. The number of rotatable bonds is 4. The Labute approximate surface area is 100 Å². The minimum Gasteiger partial charge on any atom is -0.338 e. The van der Waals surface area contributed by atoms with Gasteiger partial charge in [0.25, 0.3) is 0 Å². The van der Waals surface area contributed by atoms with E-state index in [2.05, 4.69) is 39.7 Å². The van der Waals surface area contributed by atoms with Crippen LogP contribution in [0.15, 0.2) is 34.9 Å². The summed E-state index contributed by atoms with van der Waals surface area (Å²) in [4.78, 5) is 4.41. The number of benzene rings is 1. The summed E-state index contributed by atoms with van der Waals surface area (Å²) in [7, 11) is 0. The van der Waals surface area contributed by atoms with E-state index in [1.807, 2.05) is 6.07 Å². The van der Waals surface area contributed by atoms with E-state index in [9.17, 15) is 0 Å². The summed E-state index contributed by atoms with van der Waals surface area (Å²) in [5, 5.41) is 7.26. The van der Waals surface area contributed by atoms with Crippen LogP contribution in [0.25, 0.3) is 0 Å². The van der Waals surface area contributed by atoms with Gasteiger partial charge in [0.05, 0.1) is 6.04 Å². The third-order valence-electron chi connectivity index (χ3n) is 3.09. The van der Waals surface area contributed by atoms with Crippen molar-refractivity contribution in [3.05, 3.63) is 47.6 Å². The molecule has 4 nitrogen and oxygen atoms in total. The standard InChI is InChI=1S/C13H15N3O/c1-2-4-10(5-3-1)6-7-12-15-13(17-16-12)11-8-9-14-11/h1-5,11,14H,6-9H2/t11-/m1/s1. The second-order valence-corrected chi connectivity index (χ2v) is 4.33. The molecular weight excluding hydrogens is 214 g/mol. The van der Waals surface area contributed by atoms with Gasteiger partial charge in [-0.2, -0.15) is 4.98 Å². The van der Waals surface area contributed by atoms with Gasteiger partial charge in [-0.25, -0.2) is 0 Å². The third kappa shape index (κ3) is 2.36. The molecule has 2 heterocycles. The maximum absolute atomic E-state index is 5.23. The van der Waals surface area contributed by atoms with Gasteiger partial charge in [-0.1, -0.05) is 35.5 Å². The molecule has 4 heteroatoms. The molecule has 0 radical (unpaired) electrons. The lowest BCUT2D eigenvalue weighted by molar-refractivity contribution is 0.272. The highest BCUT2D eigenvalue weighted by molar-refractivity contribution is 5.15. The van der Waals surface area contributed by atoms with E-state index in [-0.39, 0.29) is 6.04 Å². The molecule has 2 aromatic rings. The van der Waals surface area contributed by atoms with Gasteiger partial charge in [-0.3, -0.25) is 0 Å². The molecule has 0 unspecified atom stereocenters. The Bertz CT molecular complexity index is 476. The van der Waals surface area contributed by atoms with Crippen molar-refractivity contribution in [2.24, 2.45) is 0 Å². The monoisotopic (exact) mass is 229 g/mol. The molecule has 1 atom stereocenters. The molecule has 1 N–H and O–H groups in total. The molecule has 1 aliphatic rings. The largest absolute Gasteiger partial charge is 0.338 e. The first-order valence-corrected chi connectivity index (χ1v) is 6.01. The number of nitrogens with one attached hydrogen (secondary N) is 1. The summed E-state index contributed by atoms with van der Waals surface area (Å²) in [5.74, 6) is 1.54. The van der Waals surface area contributed by atoms with Crippen LogP contribution in [0.5, 0.6) is 0 Å². The van der Waals surface area contributed by atoms with E-state index in [0.29, 0.717) is 0 Å². The summed E-state index contributed by atoms with van der Waals surface area (Å²) < 4.78 is 5.23. The third-order valence-corrected chi connectivity index (χ3v) is 3.09. The highest BCUT2D eigenvalue weighted by Gasteiger charge is 2.24. The Hall–Kier alpha value is -1.68. The zero-order valence-electron chi connectivity index (χ0n) is 9.60. The molecule has 1 aromatic carbocycles. The van der Waals surface area contributed by atoms with Crippen molar-refractivity contribution in [1.29, 1.82) is 0 Å². The topological polar surface area (TPSA) is 51.0 Å². The number of hydrogen-bond acceptors (Lipinski definition) is 4. The average Bonchev–Trinajstić information content (AvgIpc) is 2.74. The molecule has 88 valence electrons. The molecule has 1 aromatic heterocycles. The van der Waals surface area contributed by atoms with Crippen LogP contribution in [0.3, 0.4) is 0 Å². The van der Waals surface area contributed by atoms with Gasteiger partial charge < -0.3 is 9.84 Å². The van der Waals surface area contributed by atoms with E-state index in [1.165, 1.54) is 5.56 Å². The first-order valence-electron chi connectivity index (χ1n) is 6.01. The molecule has 1 saturated heterocycles. The maximum Gasteiger partial charge on any atom is 0.243 e. The average molecular weight is 229 g/mol. The van der Waals surface area contributed by atoms with Gasteiger partial charge in [0, 0.05) is 6.42 Å². The van der Waals surface area contributed by atoms with Gasteiger partial charge in [0.15, 0.2) is 5.82 Å². The smallest absolute Gasteiger partial charge is 0.243 e. The van der Waals surface area contributed by atoms with Crippen LogP contribution in [0.1, 0.15) is 29.7 Å². The van der Waals surface area contributed by atoms with E-state index < -0.39 is 0 Å². The van der Waals surface area contributed by atoms with Crippen LogP contribution < -0.4 is 5.32 Å². The van der Waals surface area contributed by atoms with Crippen molar-refractivity contribution >= 4 is 0 Å². The number of aromatic nitrogens is 2. The van der Waals surface area contributed by atoms with Crippen LogP contribution in [0.4, 0.5) is 0 Å². The van der Waals surface area contributed by atoms with Crippen LogP contribution in [-0.2, 0) is 12.8 Å². The normalized spacial score (nSPS) is 18.9. The van der Waals surface area contributed by atoms with Crippen molar-refractivity contribution in [3.63, 3.8) is 0 Å². The molecule has 0 bridgehead atoms. The fraction of sp³-hybridized carbons (Fsp3) is 0.385. The van der Waals surface area contributed by atoms with Crippen molar-refractivity contribution in [1.82, 2.24) is 15.5 Å². The highest BCUT2D eigenvalue weighted by Crippen LogP contribution is 2.20. The fourth-order valence-corrected chi connectivity index (χ4v) is 1.91. The summed E-state index contributed by atoms with van der Waals surface area (Å²) in [6, 6.07) is 10.7. The quantitative estimate of drug-likeness (QED) is 0.869. The van der Waals surface area contributed by atoms with E-state index in [1.54, 1.807) is 0 Å². The Morgan fingerprint density at radius 1 is 1.24 bits per heavy atom. The van der Waals surface area contributed by atoms with E-state index in [4.69, 9.17) is 4.52 Å². The Morgan fingerprint density at radius 3 is 2.76 bits per heavy atom. The van der Waals surface area contributed by atoms with E-state index >= 15 is 0 Å². The molecule has 17 heavy (non-hydrogen) atoms. The lowest BCUT2D eigenvalue weighted by Gasteiger charge is -2.23. The highest BCUT2D eigenvalue weighted by atomic mass is 16.5. The second-order valence-electron chi connectivity index (χ2n) is 4.33. The molecule has 0 spiro atoms. The Kier molecular flexibility index (Phi) is 2.88. The molecule has 1 fully saturated rings. The summed E-state index contributed by atoms with van der Waals surface area (Å²) in [6.07, 6.45) is 2.89. The van der Waals surface area contributed by atoms with Crippen LogP contribution in [0.2, 0.25) is 0 Å². The molecule has 1 aliphatic heterocycles. The van der Waals surface area contributed by atoms with Gasteiger partial charge in [-0.15, -0.1) is 0 Å².